The van der Waals surface area contributed by atoms with Gasteiger partial charge in [0, 0.05) is 13.1 Å². The second-order valence-electron chi connectivity index (χ2n) is 3.08. The molecule has 0 saturated heterocycles. The van der Waals surface area contributed by atoms with Crippen molar-refractivity contribution in [3.63, 3.8) is 0 Å². The molecule has 2 unspecified atom stereocenters. The highest BCUT2D eigenvalue weighted by Crippen LogP contribution is 2.20. The molecule has 1 aliphatic carbocycles. The van der Waals surface area contributed by atoms with E-state index < -0.39 is 0 Å². The van der Waals surface area contributed by atoms with Gasteiger partial charge in [-0.2, -0.15) is 0 Å². The lowest BCUT2D eigenvalue weighted by Gasteiger charge is -2.32. The zero-order valence-electron chi connectivity index (χ0n) is 6.45. The van der Waals surface area contributed by atoms with E-state index in [9.17, 15) is 5.11 Å². The van der Waals surface area contributed by atoms with Crippen LogP contribution in [0.3, 0.4) is 0 Å². The van der Waals surface area contributed by atoms with Crippen LogP contribution in [0, 0.1) is 0 Å². The first-order chi connectivity index (χ1) is 4.72. The van der Waals surface area contributed by atoms with Crippen molar-refractivity contribution >= 4 is 0 Å². The third-order valence-electron chi connectivity index (χ3n) is 2.22. The molecular weight excluding hydrogens is 128 g/mol. The van der Waals surface area contributed by atoms with Crippen LogP contribution < -0.4 is 5.84 Å². The van der Waals surface area contributed by atoms with Crippen molar-refractivity contribution in [2.45, 2.75) is 37.8 Å². The molecule has 3 heteroatoms. The Labute approximate surface area is 61.8 Å². The van der Waals surface area contributed by atoms with Gasteiger partial charge in [-0.25, -0.2) is 5.01 Å². The number of aliphatic hydroxyl groups is 1. The molecule has 1 aliphatic rings. The second-order valence-corrected chi connectivity index (χ2v) is 3.08. The Bertz CT molecular complexity index is 106. The van der Waals surface area contributed by atoms with Crippen LogP contribution in [0.1, 0.15) is 25.7 Å². The number of aliphatic hydroxyl groups excluding tert-OH is 1. The van der Waals surface area contributed by atoms with Crippen molar-refractivity contribution < 1.29 is 5.11 Å². The van der Waals surface area contributed by atoms with E-state index in [0.717, 1.165) is 19.3 Å². The minimum absolute atomic E-state index is 0.189. The summed E-state index contributed by atoms with van der Waals surface area (Å²) in [5.41, 5.74) is 0. The summed E-state index contributed by atoms with van der Waals surface area (Å²) in [4.78, 5) is 0. The van der Waals surface area contributed by atoms with E-state index in [2.05, 4.69) is 0 Å². The summed E-state index contributed by atoms with van der Waals surface area (Å²) in [7, 11) is 1.82. The monoisotopic (exact) mass is 144 g/mol. The van der Waals surface area contributed by atoms with E-state index in [0.29, 0.717) is 0 Å². The summed E-state index contributed by atoms with van der Waals surface area (Å²) in [6.07, 6.45) is 4.08. The first kappa shape index (κ1) is 7.98. The third kappa shape index (κ3) is 1.68. The molecule has 60 valence electrons. The highest BCUT2D eigenvalue weighted by Gasteiger charge is 2.24. The molecule has 0 amide bonds. The minimum Gasteiger partial charge on any atom is -0.391 e. The van der Waals surface area contributed by atoms with Crippen LogP contribution >= 0.6 is 0 Å². The highest BCUT2D eigenvalue weighted by molar-refractivity contribution is 4.78. The fraction of sp³-hybridized carbons (Fsp3) is 1.00. The van der Waals surface area contributed by atoms with E-state index in [4.69, 9.17) is 5.84 Å². The fourth-order valence-electron chi connectivity index (χ4n) is 1.57. The third-order valence-corrected chi connectivity index (χ3v) is 2.22. The maximum Gasteiger partial charge on any atom is 0.0709 e. The van der Waals surface area contributed by atoms with Crippen molar-refractivity contribution in [1.29, 1.82) is 0 Å². The van der Waals surface area contributed by atoms with Gasteiger partial charge in [0.05, 0.1) is 6.10 Å². The molecule has 1 fully saturated rings. The summed E-state index contributed by atoms with van der Waals surface area (Å²) in [6.45, 7) is 0. The molecule has 0 radical (unpaired) electrons. The van der Waals surface area contributed by atoms with Crippen molar-refractivity contribution in [2.24, 2.45) is 5.84 Å². The van der Waals surface area contributed by atoms with Crippen LogP contribution in [0.4, 0.5) is 0 Å². The normalized spacial score (nSPS) is 34.8. The van der Waals surface area contributed by atoms with Crippen molar-refractivity contribution in [3.05, 3.63) is 0 Å². The molecule has 0 spiro atoms. The van der Waals surface area contributed by atoms with E-state index in [1.54, 1.807) is 5.01 Å². The maximum absolute atomic E-state index is 9.42. The average Bonchev–Trinajstić information content (AvgIpc) is 1.88. The number of nitrogens with two attached hydrogens (primary N) is 1. The van der Waals surface area contributed by atoms with Gasteiger partial charge in [0.2, 0.25) is 0 Å². The molecule has 0 heterocycles. The maximum atomic E-state index is 9.42. The van der Waals surface area contributed by atoms with Gasteiger partial charge in [-0.05, 0) is 12.8 Å². The fourth-order valence-corrected chi connectivity index (χ4v) is 1.57. The number of hydrogen-bond donors (Lipinski definition) is 2. The van der Waals surface area contributed by atoms with Crippen molar-refractivity contribution in [2.75, 3.05) is 7.05 Å². The summed E-state index contributed by atoms with van der Waals surface area (Å²) >= 11 is 0. The lowest BCUT2D eigenvalue weighted by Crippen LogP contribution is -2.46. The number of nitrogens with zero attached hydrogens (tertiary/aromatic N) is 1. The molecular formula is C7H16N2O. The molecule has 0 aliphatic heterocycles. The van der Waals surface area contributed by atoms with Crippen LogP contribution in [0.15, 0.2) is 0 Å². The van der Waals surface area contributed by atoms with Crippen LogP contribution in [0.2, 0.25) is 0 Å². The second kappa shape index (κ2) is 3.32. The van der Waals surface area contributed by atoms with Gasteiger partial charge < -0.3 is 5.11 Å². The van der Waals surface area contributed by atoms with Gasteiger partial charge in [0.1, 0.15) is 0 Å². The Morgan fingerprint density at radius 3 is 2.40 bits per heavy atom. The van der Waals surface area contributed by atoms with Crippen molar-refractivity contribution in [3.8, 4) is 0 Å². The summed E-state index contributed by atoms with van der Waals surface area (Å²) in [5.74, 6) is 5.53. The van der Waals surface area contributed by atoms with Crippen LogP contribution in [-0.2, 0) is 0 Å². The number of rotatable bonds is 1. The zero-order chi connectivity index (χ0) is 7.56. The Kier molecular flexibility index (Phi) is 2.65. The molecule has 3 N–H and O–H groups in total. The smallest absolute Gasteiger partial charge is 0.0709 e. The van der Waals surface area contributed by atoms with Gasteiger partial charge in [0.15, 0.2) is 0 Å². The first-order valence-electron chi connectivity index (χ1n) is 3.87. The zero-order valence-corrected chi connectivity index (χ0v) is 6.45. The Hall–Kier alpha value is -0.120. The van der Waals surface area contributed by atoms with Gasteiger partial charge in [0.25, 0.3) is 0 Å². The molecule has 1 rings (SSSR count). The van der Waals surface area contributed by atoms with E-state index >= 15 is 0 Å². The summed E-state index contributed by atoms with van der Waals surface area (Å²) in [6, 6.07) is 0.189. The molecule has 0 aromatic rings. The number of likely N-dealkylation sites (N-methyl/N-ethyl adjacent to an activating group) is 1. The van der Waals surface area contributed by atoms with Gasteiger partial charge in [-0.1, -0.05) is 12.8 Å². The van der Waals surface area contributed by atoms with E-state index in [1.807, 2.05) is 7.05 Å². The lowest BCUT2D eigenvalue weighted by molar-refractivity contribution is 0.0321. The molecule has 3 nitrogen and oxygen atoms in total. The van der Waals surface area contributed by atoms with Gasteiger partial charge >= 0.3 is 0 Å². The predicted octanol–water partition coefficient (Wildman–Crippen LogP) is 0.0954. The largest absolute Gasteiger partial charge is 0.391 e. The molecule has 0 aromatic carbocycles. The summed E-state index contributed by atoms with van der Waals surface area (Å²) in [5, 5.41) is 11.0. The van der Waals surface area contributed by atoms with Gasteiger partial charge in [-0.3, -0.25) is 5.84 Å². The van der Waals surface area contributed by atoms with E-state index in [-0.39, 0.29) is 12.1 Å². The Balaban J connectivity index is 2.40. The first-order valence-corrected chi connectivity index (χ1v) is 3.87. The molecule has 10 heavy (non-hydrogen) atoms. The highest BCUT2D eigenvalue weighted by atomic mass is 16.3. The molecule has 0 aromatic heterocycles. The standard InChI is InChI=1S/C7H16N2O/c1-9(8)6-4-2-3-5-7(6)10/h6-7,10H,2-5,8H2,1H3. The quantitative estimate of drug-likeness (QED) is 0.405. The van der Waals surface area contributed by atoms with Crippen molar-refractivity contribution in [1.82, 2.24) is 5.01 Å². The molecule has 0 bridgehead atoms. The SMILES string of the molecule is CN(N)C1CCCCC1O. The molecule has 2 atom stereocenters. The summed E-state index contributed by atoms with van der Waals surface area (Å²) < 4.78 is 0. The topological polar surface area (TPSA) is 49.5 Å². The number of hydrogen-bond acceptors (Lipinski definition) is 3. The van der Waals surface area contributed by atoms with Crippen LogP contribution in [0.25, 0.3) is 0 Å². The molecule has 1 saturated carbocycles. The Morgan fingerprint density at radius 1 is 1.40 bits per heavy atom. The lowest BCUT2D eigenvalue weighted by atomic mass is 9.92. The van der Waals surface area contributed by atoms with Crippen LogP contribution in [0.5, 0.6) is 0 Å². The average molecular weight is 144 g/mol. The Morgan fingerprint density at radius 2 is 2.00 bits per heavy atom. The van der Waals surface area contributed by atoms with E-state index in [1.165, 1.54) is 6.42 Å². The number of hydrazine groups is 1. The van der Waals surface area contributed by atoms with Crippen LogP contribution in [-0.4, -0.2) is 29.3 Å². The van der Waals surface area contributed by atoms with Gasteiger partial charge in [-0.15, -0.1) is 0 Å². The minimum atomic E-state index is -0.205. The predicted molar refractivity (Wildman–Crippen MR) is 40.2 cm³/mol.